The van der Waals surface area contributed by atoms with Gasteiger partial charge in [0.05, 0.1) is 29.1 Å². The molecule has 0 saturated heterocycles. The van der Waals surface area contributed by atoms with E-state index in [1.807, 2.05) is 0 Å². The number of hydrogen-bond donors (Lipinski definition) is 1. The Bertz CT molecular complexity index is 1090. The highest BCUT2D eigenvalue weighted by atomic mass is 19.4. The molecule has 0 fully saturated rings. The predicted octanol–water partition coefficient (Wildman–Crippen LogP) is 3.37. The molecule has 0 aliphatic heterocycles. The number of nitrogens with one attached hydrogen (secondary N) is 1. The van der Waals surface area contributed by atoms with Gasteiger partial charge in [0, 0.05) is 12.4 Å². The molecule has 0 spiro atoms. The fraction of sp³-hybridized carbons (Fsp3) is 0.250. The van der Waals surface area contributed by atoms with Crippen LogP contribution in [-0.4, -0.2) is 15.7 Å². The van der Waals surface area contributed by atoms with Gasteiger partial charge < -0.3 is 5.32 Å². The molecule has 0 radical (unpaired) electrons. The lowest BCUT2D eigenvalue weighted by atomic mass is 10.0. The second-order valence-electron chi connectivity index (χ2n) is 6.51. The van der Waals surface area contributed by atoms with Crippen LogP contribution >= 0.6 is 0 Å². The fourth-order valence-corrected chi connectivity index (χ4v) is 3.02. The summed E-state index contributed by atoms with van der Waals surface area (Å²) in [5, 5.41) is 7.88. The van der Waals surface area contributed by atoms with E-state index >= 15 is 0 Å². The van der Waals surface area contributed by atoms with Crippen LogP contribution in [0.3, 0.4) is 0 Å². The Morgan fingerprint density at radius 2 is 1.82 bits per heavy atom. The first kappa shape index (κ1) is 19.6. The Morgan fingerprint density at radius 3 is 2.50 bits per heavy atom. The van der Waals surface area contributed by atoms with Gasteiger partial charge in [-0.2, -0.15) is 18.3 Å². The number of aryl methyl sites for hydroxylation is 1. The topological polar surface area (TPSA) is 64.0 Å². The van der Waals surface area contributed by atoms with Crippen LogP contribution in [0.25, 0.3) is 10.8 Å². The molecule has 1 unspecified atom stereocenters. The van der Waals surface area contributed by atoms with Gasteiger partial charge in [0.25, 0.3) is 5.56 Å². The van der Waals surface area contributed by atoms with Crippen LogP contribution in [0, 0.1) is 0 Å². The van der Waals surface area contributed by atoms with Crippen LogP contribution < -0.4 is 10.9 Å². The van der Waals surface area contributed by atoms with Gasteiger partial charge in [0.2, 0.25) is 5.91 Å². The molecule has 0 aliphatic carbocycles. The number of alkyl halides is 3. The van der Waals surface area contributed by atoms with Gasteiger partial charge in [-0.3, -0.25) is 9.59 Å². The smallest absolute Gasteiger partial charge is 0.349 e. The minimum absolute atomic E-state index is 0.0993. The zero-order valence-electron chi connectivity index (χ0n) is 15.2. The van der Waals surface area contributed by atoms with E-state index in [1.165, 1.54) is 23.9 Å². The molecule has 3 aromatic rings. The van der Waals surface area contributed by atoms with Crippen molar-refractivity contribution in [3.63, 3.8) is 0 Å². The Hall–Kier alpha value is -3.16. The van der Waals surface area contributed by atoms with Gasteiger partial charge in [-0.25, -0.2) is 4.68 Å². The molecule has 2 aromatic carbocycles. The third-order valence-electron chi connectivity index (χ3n) is 4.45. The summed E-state index contributed by atoms with van der Waals surface area (Å²) in [5.41, 5.74) is -0.262. The number of hydrogen-bond acceptors (Lipinski definition) is 3. The summed E-state index contributed by atoms with van der Waals surface area (Å²) in [7, 11) is 1.50. The molecule has 8 heteroatoms. The van der Waals surface area contributed by atoms with E-state index in [0.717, 1.165) is 12.1 Å². The third kappa shape index (κ3) is 4.05. The lowest BCUT2D eigenvalue weighted by Gasteiger charge is -2.16. The van der Waals surface area contributed by atoms with Crippen molar-refractivity contribution in [2.75, 3.05) is 0 Å². The van der Waals surface area contributed by atoms with Crippen molar-refractivity contribution in [2.24, 2.45) is 7.05 Å². The number of fused-ring (bicyclic) bond motifs is 1. The molecule has 146 valence electrons. The summed E-state index contributed by atoms with van der Waals surface area (Å²) in [4.78, 5) is 24.6. The number of halogens is 3. The predicted molar refractivity (Wildman–Crippen MR) is 98.7 cm³/mol. The van der Waals surface area contributed by atoms with Crippen molar-refractivity contribution in [1.29, 1.82) is 0 Å². The number of rotatable bonds is 4. The Kier molecular flexibility index (Phi) is 5.22. The van der Waals surface area contributed by atoms with Gasteiger partial charge in [0.15, 0.2) is 0 Å². The van der Waals surface area contributed by atoms with E-state index < -0.39 is 23.7 Å². The number of nitrogens with zero attached hydrogens (tertiary/aromatic N) is 2. The monoisotopic (exact) mass is 389 g/mol. The van der Waals surface area contributed by atoms with Crippen LogP contribution in [0.2, 0.25) is 0 Å². The highest BCUT2D eigenvalue weighted by molar-refractivity contribution is 5.88. The number of benzene rings is 2. The maximum atomic E-state index is 12.9. The number of carbonyl (C=O) groups is 1. The lowest BCUT2D eigenvalue weighted by molar-refractivity contribution is -0.137. The Morgan fingerprint density at radius 1 is 1.14 bits per heavy atom. The van der Waals surface area contributed by atoms with E-state index in [9.17, 15) is 22.8 Å². The molecular formula is C20H18F3N3O2. The molecule has 1 heterocycles. The quantitative estimate of drug-likeness (QED) is 0.744. The summed E-state index contributed by atoms with van der Waals surface area (Å²) in [5.74, 6) is -0.402. The molecule has 1 aromatic heterocycles. The standard InChI is InChI=1S/C20H18F3N3O2/c1-12(13-6-5-7-14(10-13)20(21,22)23)24-18(27)11-17-15-8-3-4-9-16(15)19(28)26(2)25-17/h3-10,12H,11H2,1-2H3,(H,24,27). The van der Waals surface area contributed by atoms with E-state index in [2.05, 4.69) is 10.4 Å². The number of amides is 1. The van der Waals surface area contributed by atoms with Crippen molar-refractivity contribution < 1.29 is 18.0 Å². The van der Waals surface area contributed by atoms with Crippen molar-refractivity contribution in [1.82, 2.24) is 15.1 Å². The maximum absolute atomic E-state index is 12.9. The van der Waals surface area contributed by atoms with Crippen LogP contribution in [0.1, 0.15) is 29.8 Å². The maximum Gasteiger partial charge on any atom is 0.416 e. The van der Waals surface area contributed by atoms with E-state index in [4.69, 9.17) is 0 Å². The summed E-state index contributed by atoms with van der Waals surface area (Å²) in [6.45, 7) is 1.61. The highest BCUT2D eigenvalue weighted by Crippen LogP contribution is 2.30. The lowest BCUT2D eigenvalue weighted by Crippen LogP contribution is -2.30. The SMILES string of the molecule is CC(NC(=O)Cc1nn(C)c(=O)c2ccccc12)c1cccc(C(F)(F)F)c1. The van der Waals surface area contributed by atoms with Crippen molar-refractivity contribution in [2.45, 2.75) is 25.6 Å². The first-order valence-electron chi connectivity index (χ1n) is 8.58. The zero-order valence-corrected chi connectivity index (χ0v) is 15.2. The molecule has 0 aliphatic rings. The summed E-state index contributed by atoms with van der Waals surface area (Å²) in [6, 6.07) is 11.1. The van der Waals surface area contributed by atoms with E-state index in [-0.39, 0.29) is 12.0 Å². The Balaban J connectivity index is 1.81. The van der Waals surface area contributed by atoms with Gasteiger partial charge in [-0.1, -0.05) is 30.3 Å². The molecule has 1 atom stereocenters. The van der Waals surface area contributed by atoms with Crippen LogP contribution in [0.5, 0.6) is 0 Å². The Labute approximate surface area is 158 Å². The molecule has 5 nitrogen and oxygen atoms in total. The van der Waals surface area contributed by atoms with Crippen molar-refractivity contribution in [3.05, 3.63) is 75.7 Å². The third-order valence-corrected chi connectivity index (χ3v) is 4.45. The van der Waals surface area contributed by atoms with Gasteiger partial charge in [-0.15, -0.1) is 0 Å². The van der Waals surface area contributed by atoms with Gasteiger partial charge in [-0.05, 0) is 30.7 Å². The molecule has 28 heavy (non-hydrogen) atoms. The average molecular weight is 389 g/mol. The summed E-state index contributed by atoms with van der Waals surface area (Å²) < 4.78 is 39.8. The number of carbonyl (C=O) groups excluding carboxylic acids is 1. The first-order valence-corrected chi connectivity index (χ1v) is 8.58. The van der Waals surface area contributed by atoms with Crippen LogP contribution in [-0.2, 0) is 24.4 Å². The van der Waals surface area contributed by atoms with Gasteiger partial charge in [0.1, 0.15) is 0 Å². The van der Waals surface area contributed by atoms with Crippen LogP contribution in [0.4, 0.5) is 13.2 Å². The van der Waals surface area contributed by atoms with Gasteiger partial charge >= 0.3 is 6.18 Å². The second kappa shape index (κ2) is 7.46. The van der Waals surface area contributed by atoms with E-state index in [0.29, 0.717) is 22.0 Å². The molecule has 0 saturated carbocycles. The highest BCUT2D eigenvalue weighted by Gasteiger charge is 2.30. The molecular weight excluding hydrogens is 371 g/mol. The first-order chi connectivity index (χ1) is 13.2. The molecule has 0 bridgehead atoms. The van der Waals surface area contributed by atoms with E-state index in [1.54, 1.807) is 31.2 Å². The minimum atomic E-state index is -4.45. The fourth-order valence-electron chi connectivity index (χ4n) is 3.02. The van der Waals surface area contributed by atoms with Crippen molar-refractivity contribution in [3.8, 4) is 0 Å². The van der Waals surface area contributed by atoms with Crippen LogP contribution in [0.15, 0.2) is 53.3 Å². The average Bonchev–Trinajstić information content (AvgIpc) is 2.65. The van der Waals surface area contributed by atoms with Crippen molar-refractivity contribution >= 4 is 16.7 Å². The summed E-state index contributed by atoms with van der Waals surface area (Å²) in [6.07, 6.45) is -4.55. The largest absolute Gasteiger partial charge is 0.416 e. The zero-order chi connectivity index (χ0) is 20.5. The number of aromatic nitrogens is 2. The second-order valence-corrected chi connectivity index (χ2v) is 6.51. The summed E-state index contributed by atoms with van der Waals surface area (Å²) >= 11 is 0. The molecule has 3 rings (SSSR count). The molecule has 1 amide bonds. The molecule has 1 N–H and O–H groups in total. The normalized spacial score (nSPS) is 12.8. The minimum Gasteiger partial charge on any atom is -0.349 e.